The normalized spacial score (nSPS) is 23.2. The van der Waals surface area contributed by atoms with E-state index in [9.17, 15) is 9.59 Å². The van der Waals surface area contributed by atoms with E-state index in [-0.39, 0.29) is 11.8 Å². The van der Waals surface area contributed by atoms with Gasteiger partial charge in [0.1, 0.15) is 0 Å². The Morgan fingerprint density at radius 1 is 0.559 bits per heavy atom. The van der Waals surface area contributed by atoms with Crippen molar-refractivity contribution < 1.29 is 9.59 Å². The van der Waals surface area contributed by atoms with Crippen LogP contribution in [-0.4, -0.2) is 11.8 Å². The zero-order valence-corrected chi connectivity index (χ0v) is 18.9. The summed E-state index contributed by atoms with van der Waals surface area (Å²) in [4.78, 5) is 32.7. The molecule has 3 heterocycles. The molecule has 2 bridgehead atoms. The Balaban J connectivity index is 1.70. The Hall–Kier alpha value is -4.18. The molecule has 0 aromatic heterocycles. The van der Waals surface area contributed by atoms with Crippen LogP contribution in [0.25, 0.3) is 0 Å². The molecule has 0 unspecified atom stereocenters. The van der Waals surface area contributed by atoms with Crippen LogP contribution in [-0.2, 0) is 27.1 Å². The van der Waals surface area contributed by atoms with Crippen LogP contribution in [0.15, 0.2) is 115 Å². The molecule has 7 rings (SSSR count). The average Bonchev–Trinajstić information content (AvgIpc) is 2.88. The van der Waals surface area contributed by atoms with Crippen molar-refractivity contribution in [3.8, 4) is 0 Å². The van der Waals surface area contributed by atoms with E-state index in [0.29, 0.717) is 6.42 Å². The number of benzene rings is 4. The van der Waals surface area contributed by atoms with Crippen molar-refractivity contribution >= 4 is 23.2 Å². The highest BCUT2D eigenvalue weighted by Gasteiger charge is 2.69. The summed E-state index contributed by atoms with van der Waals surface area (Å²) in [5, 5.41) is 0. The fourth-order valence-electron chi connectivity index (χ4n) is 5.75. The number of anilines is 2. The second-order valence-corrected chi connectivity index (χ2v) is 9.09. The van der Waals surface area contributed by atoms with Crippen LogP contribution in [0.3, 0.4) is 0 Å². The maximum Gasteiger partial charge on any atom is 0.249 e. The van der Waals surface area contributed by atoms with Crippen LogP contribution < -0.4 is 9.80 Å². The molecule has 0 aliphatic carbocycles. The molecular weight excluding hydrogens is 420 g/mol. The SMILES string of the molecule is CC12c3ccccc3C(Cc3ccccc3)(C(=O)N1c1ccccc1)C(=O)N2c1ccccc1. The number of fused-ring (bicyclic) bond motifs is 2. The molecule has 2 amide bonds. The molecule has 0 N–H and O–H groups in total. The minimum Gasteiger partial charge on any atom is -0.283 e. The van der Waals surface area contributed by atoms with E-state index in [0.717, 1.165) is 28.1 Å². The van der Waals surface area contributed by atoms with Crippen molar-refractivity contribution in [2.45, 2.75) is 24.4 Å². The highest BCUT2D eigenvalue weighted by Crippen LogP contribution is 2.56. The topological polar surface area (TPSA) is 40.6 Å². The Labute approximate surface area is 199 Å². The molecule has 34 heavy (non-hydrogen) atoms. The third-order valence-electron chi connectivity index (χ3n) is 7.25. The number of amides is 2. The van der Waals surface area contributed by atoms with Gasteiger partial charge < -0.3 is 0 Å². The van der Waals surface area contributed by atoms with Gasteiger partial charge in [0.05, 0.1) is 0 Å². The van der Waals surface area contributed by atoms with Crippen LogP contribution in [0.1, 0.15) is 23.6 Å². The number of carbonyl (C=O) groups excluding carboxylic acids is 2. The highest BCUT2D eigenvalue weighted by molar-refractivity contribution is 6.27. The Morgan fingerprint density at radius 3 is 1.47 bits per heavy atom. The van der Waals surface area contributed by atoms with Crippen molar-refractivity contribution in [2.24, 2.45) is 0 Å². The first-order chi connectivity index (χ1) is 16.6. The minimum atomic E-state index is -1.36. The first kappa shape index (κ1) is 20.4. The van der Waals surface area contributed by atoms with E-state index in [2.05, 4.69) is 6.07 Å². The van der Waals surface area contributed by atoms with Gasteiger partial charge in [0, 0.05) is 16.9 Å². The lowest BCUT2D eigenvalue weighted by molar-refractivity contribution is -0.141. The summed E-state index contributed by atoms with van der Waals surface area (Å²) >= 11 is 0. The van der Waals surface area contributed by atoms with Gasteiger partial charge >= 0.3 is 0 Å². The standard InChI is InChI=1S/C30H24N2O2/c1-29-25-19-11-12-20-26(25)30(21-22-13-5-2-6-14-22,27(33)31(29)23-15-7-3-8-16-23)28(34)32(29)24-17-9-4-10-18-24/h2-20H,21H2,1H3. The highest BCUT2D eigenvalue weighted by atomic mass is 16.2. The zero-order valence-electron chi connectivity index (χ0n) is 18.9. The maximum atomic E-state index is 14.5. The molecule has 4 aromatic rings. The second-order valence-electron chi connectivity index (χ2n) is 9.09. The predicted molar refractivity (Wildman–Crippen MR) is 133 cm³/mol. The summed E-state index contributed by atoms with van der Waals surface area (Å²) in [5.74, 6) is -0.359. The lowest BCUT2D eigenvalue weighted by atomic mass is 9.62. The van der Waals surface area contributed by atoms with Crippen LogP contribution in [0.5, 0.6) is 0 Å². The molecule has 0 spiro atoms. The molecular formula is C30H24N2O2. The summed E-state index contributed by atoms with van der Waals surface area (Å²) < 4.78 is 0. The van der Waals surface area contributed by atoms with Crippen molar-refractivity contribution in [3.63, 3.8) is 0 Å². The van der Waals surface area contributed by atoms with E-state index in [1.807, 2.05) is 126 Å². The Bertz CT molecular complexity index is 1320. The quantitative estimate of drug-likeness (QED) is 0.394. The molecule has 166 valence electrons. The molecule has 1 saturated heterocycles. The number of para-hydroxylation sites is 2. The monoisotopic (exact) mass is 444 g/mol. The summed E-state index contributed by atoms with van der Waals surface area (Å²) in [6.45, 7) is 1.98. The first-order valence-electron chi connectivity index (χ1n) is 11.5. The predicted octanol–water partition coefficient (Wildman–Crippen LogP) is 5.43. The third-order valence-corrected chi connectivity index (χ3v) is 7.25. The molecule has 0 radical (unpaired) electrons. The van der Waals surface area contributed by atoms with Crippen LogP contribution in [0, 0.1) is 0 Å². The number of hydrogen-bond donors (Lipinski definition) is 0. The summed E-state index contributed by atoms with van der Waals surface area (Å²) in [7, 11) is 0. The second kappa shape index (κ2) is 7.42. The number of carbonyl (C=O) groups is 2. The molecule has 4 aromatic carbocycles. The molecule has 4 heteroatoms. The van der Waals surface area contributed by atoms with Gasteiger partial charge in [-0.25, -0.2) is 0 Å². The number of hydrogen-bond acceptors (Lipinski definition) is 2. The fourth-order valence-corrected chi connectivity index (χ4v) is 5.75. The Kier molecular flexibility index (Phi) is 4.46. The average molecular weight is 445 g/mol. The molecule has 0 atom stereocenters. The minimum absolute atomic E-state index is 0.180. The van der Waals surface area contributed by atoms with E-state index >= 15 is 0 Å². The maximum absolute atomic E-state index is 14.5. The molecule has 3 aliphatic rings. The summed E-state index contributed by atoms with van der Waals surface area (Å²) in [6.07, 6.45) is 0.297. The number of rotatable bonds is 4. The van der Waals surface area contributed by atoms with Gasteiger partial charge in [0.15, 0.2) is 11.1 Å². The third kappa shape index (κ3) is 2.59. The molecule has 4 nitrogen and oxygen atoms in total. The van der Waals surface area contributed by atoms with Crippen molar-refractivity contribution in [1.29, 1.82) is 0 Å². The summed E-state index contributed by atoms with van der Waals surface area (Å²) in [5.41, 5.74) is 1.90. The van der Waals surface area contributed by atoms with Gasteiger partial charge in [-0.1, -0.05) is 91.0 Å². The van der Waals surface area contributed by atoms with E-state index in [4.69, 9.17) is 0 Å². The smallest absolute Gasteiger partial charge is 0.249 e. The number of nitrogens with zero attached hydrogens (tertiary/aromatic N) is 2. The Morgan fingerprint density at radius 2 is 0.971 bits per heavy atom. The van der Waals surface area contributed by atoms with E-state index in [1.165, 1.54) is 0 Å². The van der Waals surface area contributed by atoms with Crippen molar-refractivity contribution in [2.75, 3.05) is 9.80 Å². The lowest BCUT2D eigenvalue weighted by Crippen LogP contribution is -2.78. The largest absolute Gasteiger partial charge is 0.283 e. The zero-order chi connectivity index (χ0) is 23.3. The van der Waals surface area contributed by atoms with Crippen LogP contribution in [0.4, 0.5) is 11.4 Å². The van der Waals surface area contributed by atoms with Gasteiger partial charge in [0.2, 0.25) is 11.8 Å². The molecule has 0 saturated carbocycles. The van der Waals surface area contributed by atoms with Gasteiger partial charge in [0.25, 0.3) is 0 Å². The van der Waals surface area contributed by atoms with Crippen LogP contribution >= 0.6 is 0 Å². The van der Waals surface area contributed by atoms with Crippen LogP contribution in [0.2, 0.25) is 0 Å². The van der Waals surface area contributed by atoms with Crippen molar-refractivity contribution in [1.82, 2.24) is 0 Å². The van der Waals surface area contributed by atoms with Gasteiger partial charge in [-0.15, -0.1) is 0 Å². The first-order valence-corrected chi connectivity index (χ1v) is 11.5. The van der Waals surface area contributed by atoms with E-state index in [1.54, 1.807) is 0 Å². The van der Waals surface area contributed by atoms with E-state index < -0.39 is 11.1 Å². The molecule has 3 aliphatic heterocycles. The van der Waals surface area contributed by atoms with Gasteiger partial charge in [-0.05, 0) is 48.7 Å². The summed E-state index contributed by atoms with van der Waals surface area (Å²) in [6, 6.07) is 37.1. The fraction of sp³-hybridized carbons (Fsp3) is 0.133. The van der Waals surface area contributed by atoms with Gasteiger partial charge in [-0.2, -0.15) is 0 Å². The lowest BCUT2D eigenvalue weighted by Gasteiger charge is -2.62. The molecule has 1 fully saturated rings. The van der Waals surface area contributed by atoms with Crippen molar-refractivity contribution in [3.05, 3.63) is 132 Å². The van der Waals surface area contributed by atoms with Gasteiger partial charge in [-0.3, -0.25) is 19.4 Å².